The zero-order valence-electron chi connectivity index (χ0n) is 13.5. The third kappa shape index (κ3) is 4.57. The monoisotopic (exact) mass is 319 g/mol. The quantitative estimate of drug-likeness (QED) is 0.490. The highest BCUT2D eigenvalue weighted by Gasteiger charge is 2.04. The van der Waals surface area contributed by atoms with Crippen molar-refractivity contribution in [2.45, 2.75) is 0 Å². The fourth-order valence-electron chi connectivity index (χ4n) is 2.40. The van der Waals surface area contributed by atoms with E-state index in [1.807, 2.05) is 48.5 Å². The summed E-state index contributed by atoms with van der Waals surface area (Å²) in [6.45, 7) is 2.07. The lowest BCUT2D eigenvalue weighted by atomic mass is 10.1. The lowest BCUT2D eigenvalue weighted by Crippen LogP contribution is -2.26. The molecule has 0 aliphatic rings. The molecule has 3 rings (SSSR count). The van der Waals surface area contributed by atoms with Gasteiger partial charge < -0.3 is 10.1 Å². The first-order chi connectivity index (χ1) is 11.9. The molecule has 1 aromatic heterocycles. The smallest absolute Gasteiger partial charge is 0.127 e. The average molecular weight is 319 g/mol. The number of anilines is 1. The Kier molecular flexibility index (Phi) is 5.81. The Hall–Kier alpha value is -2.85. The Balaban J connectivity index is 1.46. The Morgan fingerprint density at radius 1 is 0.833 bits per heavy atom. The van der Waals surface area contributed by atoms with Crippen LogP contribution in [0.1, 0.15) is 0 Å². The number of aromatic nitrogens is 1. The van der Waals surface area contributed by atoms with Crippen molar-refractivity contribution in [1.29, 1.82) is 0 Å². The van der Waals surface area contributed by atoms with E-state index in [-0.39, 0.29) is 0 Å². The lowest BCUT2D eigenvalue weighted by molar-refractivity contribution is 0.317. The molecular formula is C20H21N3O. The van der Waals surface area contributed by atoms with Crippen LogP contribution in [0, 0.1) is 0 Å². The number of nitrogens with zero attached hydrogens (tertiary/aromatic N) is 1. The first kappa shape index (κ1) is 16.0. The van der Waals surface area contributed by atoms with Crippen LogP contribution in [0.5, 0.6) is 5.75 Å². The van der Waals surface area contributed by atoms with Gasteiger partial charge in [-0.1, -0.05) is 48.5 Å². The summed E-state index contributed by atoms with van der Waals surface area (Å²) in [7, 11) is 0. The highest BCUT2D eigenvalue weighted by Crippen LogP contribution is 2.29. The van der Waals surface area contributed by atoms with Crippen LogP contribution in [0.2, 0.25) is 0 Å². The van der Waals surface area contributed by atoms with E-state index < -0.39 is 0 Å². The highest BCUT2D eigenvalue weighted by atomic mass is 16.5. The second kappa shape index (κ2) is 8.70. The third-order valence-electron chi connectivity index (χ3n) is 3.61. The van der Waals surface area contributed by atoms with Crippen LogP contribution >= 0.6 is 0 Å². The van der Waals surface area contributed by atoms with Gasteiger partial charge in [0.25, 0.3) is 0 Å². The van der Waals surface area contributed by atoms with Crippen LogP contribution in [0.3, 0.4) is 0 Å². The number of para-hydroxylation sites is 1. The van der Waals surface area contributed by atoms with E-state index in [4.69, 9.17) is 4.74 Å². The summed E-state index contributed by atoms with van der Waals surface area (Å²) in [6, 6.07) is 22.3. The van der Waals surface area contributed by atoms with Gasteiger partial charge in [0.1, 0.15) is 12.4 Å². The van der Waals surface area contributed by atoms with Crippen LogP contribution in [0.4, 0.5) is 5.69 Å². The molecule has 0 fully saturated rings. The first-order valence-electron chi connectivity index (χ1n) is 8.05. The van der Waals surface area contributed by atoms with Crippen LogP contribution in [0.15, 0.2) is 79.1 Å². The third-order valence-corrected chi connectivity index (χ3v) is 3.61. The number of benzene rings is 2. The van der Waals surface area contributed by atoms with Gasteiger partial charge in [-0.05, 0) is 23.8 Å². The number of pyridine rings is 1. The topological polar surface area (TPSA) is 46.2 Å². The molecule has 122 valence electrons. The molecule has 0 aliphatic heterocycles. The van der Waals surface area contributed by atoms with Crippen LogP contribution in [-0.4, -0.2) is 24.8 Å². The van der Waals surface area contributed by atoms with Crippen molar-refractivity contribution >= 4 is 5.69 Å². The van der Waals surface area contributed by atoms with Crippen molar-refractivity contribution in [1.82, 2.24) is 10.3 Å². The van der Waals surface area contributed by atoms with E-state index in [2.05, 4.69) is 33.8 Å². The summed E-state index contributed by atoms with van der Waals surface area (Å²) >= 11 is 0. The van der Waals surface area contributed by atoms with E-state index in [9.17, 15) is 0 Å². The molecule has 1 heterocycles. The molecule has 0 amide bonds. The van der Waals surface area contributed by atoms with Crippen LogP contribution in [0.25, 0.3) is 11.1 Å². The second-order valence-corrected chi connectivity index (χ2v) is 5.30. The largest absolute Gasteiger partial charge is 0.492 e. The summed E-state index contributed by atoms with van der Waals surface area (Å²) in [5, 5.41) is 6.58. The van der Waals surface area contributed by atoms with Crippen molar-refractivity contribution in [3.8, 4) is 16.9 Å². The molecular weight excluding hydrogens is 298 g/mol. The fourth-order valence-corrected chi connectivity index (χ4v) is 2.40. The maximum atomic E-state index is 5.94. The molecule has 0 saturated carbocycles. The molecule has 2 aromatic carbocycles. The van der Waals surface area contributed by atoms with Gasteiger partial charge >= 0.3 is 0 Å². The molecule has 0 saturated heterocycles. The Morgan fingerprint density at radius 2 is 1.58 bits per heavy atom. The number of hydrogen-bond donors (Lipinski definition) is 2. The SMILES string of the molecule is c1ccc(-c2ccccc2OCCNCNc2ccncc2)cc1. The van der Waals surface area contributed by atoms with Crippen molar-refractivity contribution in [2.75, 3.05) is 25.1 Å². The fraction of sp³-hybridized carbons (Fsp3) is 0.150. The minimum Gasteiger partial charge on any atom is -0.492 e. The van der Waals surface area contributed by atoms with Gasteiger partial charge in [0.15, 0.2) is 0 Å². The van der Waals surface area contributed by atoms with Gasteiger partial charge in [0.05, 0.1) is 6.67 Å². The predicted octanol–water partition coefficient (Wildman–Crippen LogP) is 3.79. The summed E-state index contributed by atoms with van der Waals surface area (Å²) in [5.74, 6) is 0.910. The van der Waals surface area contributed by atoms with Gasteiger partial charge in [-0.25, -0.2) is 0 Å². The summed E-state index contributed by atoms with van der Waals surface area (Å²) in [4.78, 5) is 3.99. The molecule has 4 heteroatoms. The van der Waals surface area contributed by atoms with E-state index in [1.165, 1.54) is 5.56 Å². The average Bonchev–Trinajstić information content (AvgIpc) is 2.66. The molecule has 3 aromatic rings. The number of rotatable bonds is 8. The zero-order chi connectivity index (χ0) is 16.5. The molecule has 0 atom stereocenters. The minimum atomic E-state index is 0.613. The van der Waals surface area contributed by atoms with Gasteiger partial charge in [-0.15, -0.1) is 0 Å². The molecule has 0 unspecified atom stereocenters. The summed E-state index contributed by atoms with van der Waals surface area (Å²) in [6.07, 6.45) is 3.54. The van der Waals surface area contributed by atoms with E-state index in [1.54, 1.807) is 12.4 Å². The van der Waals surface area contributed by atoms with Gasteiger partial charge in [-0.3, -0.25) is 10.3 Å². The van der Waals surface area contributed by atoms with Crippen LogP contribution in [-0.2, 0) is 0 Å². The van der Waals surface area contributed by atoms with Gasteiger partial charge in [0, 0.05) is 30.2 Å². The molecule has 0 radical (unpaired) electrons. The van der Waals surface area contributed by atoms with Crippen LogP contribution < -0.4 is 15.4 Å². The number of nitrogens with one attached hydrogen (secondary N) is 2. The maximum Gasteiger partial charge on any atom is 0.127 e. The normalized spacial score (nSPS) is 10.3. The second-order valence-electron chi connectivity index (χ2n) is 5.30. The van der Waals surface area contributed by atoms with Gasteiger partial charge in [-0.2, -0.15) is 0 Å². The van der Waals surface area contributed by atoms with Crippen molar-refractivity contribution in [3.63, 3.8) is 0 Å². The molecule has 0 bridgehead atoms. The molecule has 24 heavy (non-hydrogen) atoms. The highest BCUT2D eigenvalue weighted by molar-refractivity contribution is 5.70. The molecule has 4 nitrogen and oxygen atoms in total. The number of hydrogen-bond acceptors (Lipinski definition) is 4. The summed E-state index contributed by atoms with van der Waals surface area (Å²) < 4.78 is 5.94. The Morgan fingerprint density at radius 3 is 2.42 bits per heavy atom. The summed E-state index contributed by atoms with van der Waals surface area (Å²) in [5.41, 5.74) is 3.33. The zero-order valence-corrected chi connectivity index (χ0v) is 13.5. The lowest BCUT2D eigenvalue weighted by Gasteiger charge is -2.12. The first-order valence-corrected chi connectivity index (χ1v) is 8.05. The Labute approximate surface area is 142 Å². The predicted molar refractivity (Wildman–Crippen MR) is 98.1 cm³/mol. The molecule has 0 aliphatic carbocycles. The van der Waals surface area contributed by atoms with Crippen molar-refractivity contribution in [2.24, 2.45) is 0 Å². The van der Waals surface area contributed by atoms with E-state index >= 15 is 0 Å². The Bertz CT molecular complexity index is 732. The molecule has 0 spiro atoms. The van der Waals surface area contributed by atoms with Crippen molar-refractivity contribution < 1.29 is 4.74 Å². The minimum absolute atomic E-state index is 0.613. The maximum absolute atomic E-state index is 5.94. The van der Waals surface area contributed by atoms with E-state index in [0.717, 1.165) is 23.5 Å². The standard InChI is InChI=1S/C20H21N3O/c1-2-6-17(7-3-1)19-8-4-5-9-20(19)24-15-14-22-16-23-18-10-12-21-13-11-18/h1-13,22H,14-16H2,(H,21,23). The molecule has 2 N–H and O–H groups in total. The number of ether oxygens (including phenoxy) is 1. The van der Waals surface area contributed by atoms with Crippen molar-refractivity contribution in [3.05, 3.63) is 79.1 Å². The van der Waals surface area contributed by atoms with Gasteiger partial charge in [0.2, 0.25) is 0 Å². The van der Waals surface area contributed by atoms with E-state index in [0.29, 0.717) is 13.3 Å².